The van der Waals surface area contributed by atoms with Gasteiger partial charge in [0.1, 0.15) is 5.92 Å². The zero-order chi connectivity index (χ0) is 13.3. The Hall–Kier alpha value is -2.11. The molecule has 6 N–H and O–H groups in total. The molecule has 0 amide bonds. The molecule has 1 aromatic carbocycles. The largest absolute Gasteiger partial charge is 0.481 e. The van der Waals surface area contributed by atoms with Crippen LogP contribution in [0.3, 0.4) is 0 Å². The van der Waals surface area contributed by atoms with E-state index in [0.29, 0.717) is 16.8 Å². The highest BCUT2D eigenvalue weighted by Crippen LogP contribution is 2.33. The number of aliphatic carboxylic acids is 1. The van der Waals surface area contributed by atoms with Crippen molar-refractivity contribution in [3.05, 3.63) is 48.1 Å². The Morgan fingerprint density at radius 2 is 1.89 bits per heavy atom. The average Bonchev–Trinajstić information content (AvgIpc) is 2.29. The summed E-state index contributed by atoms with van der Waals surface area (Å²) in [6.45, 7) is 0. The van der Waals surface area contributed by atoms with Crippen LogP contribution >= 0.6 is 0 Å². The lowest BCUT2D eigenvalue weighted by Crippen LogP contribution is -2.51. The number of hydrogen-bond acceptors (Lipinski definition) is 4. The monoisotopic (exact) mass is 246 g/mol. The molecule has 5 heteroatoms. The Morgan fingerprint density at radius 1 is 1.28 bits per heavy atom. The number of benzene rings is 1. The van der Waals surface area contributed by atoms with Crippen molar-refractivity contribution in [2.75, 3.05) is 5.73 Å². The van der Waals surface area contributed by atoms with Crippen LogP contribution in [0.15, 0.2) is 42.5 Å². The molecule has 0 fully saturated rings. The van der Waals surface area contributed by atoms with Crippen molar-refractivity contribution in [3.63, 3.8) is 0 Å². The summed E-state index contributed by atoms with van der Waals surface area (Å²) >= 11 is 0. The number of carboxylic acids is 1. The van der Waals surface area contributed by atoms with Crippen molar-refractivity contribution in [1.82, 2.24) is 0 Å². The Bertz CT molecular complexity index is 530. The van der Waals surface area contributed by atoms with Gasteiger partial charge in [0.05, 0.1) is 0 Å². The molecular weight excluding hydrogens is 232 g/mol. The number of allylic oxidation sites excluding steroid dienone is 2. The summed E-state index contributed by atoms with van der Waals surface area (Å²) in [7, 11) is 0. The van der Waals surface area contributed by atoms with E-state index in [1.807, 2.05) is 0 Å². The van der Waals surface area contributed by atoms with Gasteiger partial charge in [0.2, 0.25) is 0 Å². The number of rotatable bonds is 2. The summed E-state index contributed by atoms with van der Waals surface area (Å²) in [5, 5.41) is 19.3. The third kappa shape index (κ3) is 2.01. The number of nitrogens with two attached hydrogens (primary N) is 2. The molecule has 0 saturated heterocycles. The predicted molar refractivity (Wildman–Crippen MR) is 68.2 cm³/mol. The fourth-order valence-corrected chi connectivity index (χ4v) is 1.97. The summed E-state index contributed by atoms with van der Waals surface area (Å²) in [5.74, 6) is -2.34. The van der Waals surface area contributed by atoms with Crippen molar-refractivity contribution < 1.29 is 15.0 Å². The molecule has 18 heavy (non-hydrogen) atoms. The van der Waals surface area contributed by atoms with Crippen LogP contribution in [-0.4, -0.2) is 21.9 Å². The first-order chi connectivity index (χ1) is 8.43. The molecule has 0 heterocycles. The molecule has 0 aliphatic heterocycles. The number of carboxylic acid groups (broad SMARTS) is 1. The number of carbonyl (C=O) groups is 1. The van der Waals surface area contributed by atoms with Gasteiger partial charge in [0.25, 0.3) is 0 Å². The van der Waals surface area contributed by atoms with Crippen molar-refractivity contribution in [3.8, 4) is 0 Å². The van der Waals surface area contributed by atoms with Gasteiger partial charge in [-0.3, -0.25) is 10.5 Å². The van der Waals surface area contributed by atoms with Crippen LogP contribution in [0.5, 0.6) is 0 Å². The van der Waals surface area contributed by atoms with Crippen molar-refractivity contribution in [2.45, 2.75) is 5.72 Å². The smallest absolute Gasteiger partial charge is 0.315 e. The van der Waals surface area contributed by atoms with Gasteiger partial charge in [-0.1, -0.05) is 30.4 Å². The lowest BCUT2D eigenvalue weighted by atomic mass is 9.82. The summed E-state index contributed by atoms with van der Waals surface area (Å²) in [6, 6.07) is 6.72. The summed E-state index contributed by atoms with van der Waals surface area (Å²) in [6.07, 6.45) is 4.54. The summed E-state index contributed by atoms with van der Waals surface area (Å²) in [5.41, 5.74) is 11.0. The highest BCUT2D eigenvalue weighted by molar-refractivity contribution is 5.84. The minimum Gasteiger partial charge on any atom is -0.481 e. The number of aliphatic hydroxyl groups is 1. The Labute approximate surface area is 104 Å². The quantitative estimate of drug-likeness (QED) is 0.450. The second-order valence-corrected chi connectivity index (χ2v) is 4.23. The highest BCUT2D eigenvalue weighted by Gasteiger charge is 2.41. The van der Waals surface area contributed by atoms with Gasteiger partial charge in [-0.2, -0.15) is 0 Å². The van der Waals surface area contributed by atoms with Gasteiger partial charge >= 0.3 is 5.97 Å². The molecule has 1 aliphatic rings. The molecule has 2 unspecified atom stereocenters. The van der Waals surface area contributed by atoms with Crippen LogP contribution in [0.1, 0.15) is 5.56 Å². The van der Waals surface area contributed by atoms with Crippen LogP contribution in [0, 0.1) is 5.92 Å². The standard InChI is InChI=1S/C13H14N2O3/c14-9-6-4-8(5-7-9)10-2-1-3-11(12(16)17)13(10,15)18/h1-7,11,18H,14-15H2,(H,16,17). The van der Waals surface area contributed by atoms with Crippen molar-refractivity contribution in [2.24, 2.45) is 11.7 Å². The minimum atomic E-state index is -1.93. The molecule has 94 valence electrons. The SMILES string of the molecule is Nc1ccc(C2=CC=CC(C(=O)O)C2(N)O)cc1. The Kier molecular flexibility index (Phi) is 2.94. The lowest BCUT2D eigenvalue weighted by Gasteiger charge is -2.32. The van der Waals surface area contributed by atoms with Gasteiger partial charge in [-0.15, -0.1) is 0 Å². The molecule has 0 saturated carbocycles. The molecular formula is C13H14N2O3. The maximum Gasteiger partial charge on any atom is 0.315 e. The molecule has 5 nitrogen and oxygen atoms in total. The summed E-state index contributed by atoms with van der Waals surface area (Å²) in [4.78, 5) is 11.1. The van der Waals surface area contributed by atoms with Gasteiger partial charge in [0, 0.05) is 11.3 Å². The zero-order valence-electron chi connectivity index (χ0n) is 9.58. The minimum absolute atomic E-state index is 0.359. The third-order valence-electron chi connectivity index (χ3n) is 2.96. The summed E-state index contributed by atoms with van der Waals surface area (Å²) < 4.78 is 0. The fraction of sp³-hybridized carbons (Fsp3) is 0.154. The van der Waals surface area contributed by atoms with Crippen molar-refractivity contribution >= 4 is 17.2 Å². The van der Waals surface area contributed by atoms with Gasteiger partial charge < -0.3 is 15.9 Å². The van der Waals surface area contributed by atoms with E-state index in [1.54, 1.807) is 36.4 Å². The van der Waals surface area contributed by atoms with Crippen LogP contribution in [0.25, 0.3) is 5.57 Å². The number of nitrogen functional groups attached to an aromatic ring is 1. The molecule has 2 rings (SSSR count). The Balaban J connectivity index is 2.44. The van der Waals surface area contributed by atoms with Crippen LogP contribution in [0.2, 0.25) is 0 Å². The van der Waals surface area contributed by atoms with E-state index < -0.39 is 17.6 Å². The molecule has 1 aromatic rings. The molecule has 0 bridgehead atoms. The average molecular weight is 246 g/mol. The number of hydrogen-bond donors (Lipinski definition) is 4. The fourth-order valence-electron chi connectivity index (χ4n) is 1.97. The lowest BCUT2D eigenvalue weighted by molar-refractivity contribution is -0.145. The van der Waals surface area contributed by atoms with E-state index in [2.05, 4.69) is 0 Å². The topological polar surface area (TPSA) is 110 Å². The molecule has 1 aliphatic carbocycles. The van der Waals surface area contributed by atoms with Gasteiger partial charge in [-0.25, -0.2) is 0 Å². The zero-order valence-corrected chi connectivity index (χ0v) is 9.58. The number of anilines is 1. The van der Waals surface area contributed by atoms with E-state index in [-0.39, 0.29) is 0 Å². The third-order valence-corrected chi connectivity index (χ3v) is 2.96. The van der Waals surface area contributed by atoms with Crippen molar-refractivity contribution in [1.29, 1.82) is 0 Å². The molecule has 2 atom stereocenters. The molecule has 0 spiro atoms. The van der Waals surface area contributed by atoms with Gasteiger partial charge in [0.15, 0.2) is 5.72 Å². The first-order valence-electron chi connectivity index (χ1n) is 5.42. The van der Waals surface area contributed by atoms with E-state index in [0.717, 1.165) is 0 Å². The second kappa shape index (κ2) is 4.29. The van der Waals surface area contributed by atoms with E-state index in [4.69, 9.17) is 16.6 Å². The van der Waals surface area contributed by atoms with E-state index >= 15 is 0 Å². The first kappa shape index (κ1) is 12.3. The van der Waals surface area contributed by atoms with Gasteiger partial charge in [-0.05, 0) is 17.7 Å². The normalized spacial score (nSPS) is 26.8. The maximum atomic E-state index is 11.1. The molecule has 0 radical (unpaired) electrons. The van der Waals surface area contributed by atoms with Crippen LogP contribution in [-0.2, 0) is 4.79 Å². The van der Waals surface area contributed by atoms with E-state index in [9.17, 15) is 9.90 Å². The van der Waals surface area contributed by atoms with E-state index in [1.165, 1.54) is 6.08 Å². The van der Waals surface area contributed by atoms with Crippen LogP contribution in [0.4, 0.5) is 5.69 Å². The molecule has 0 aromatic heterocycles. The first-order valence-corrected chi connectivity index (χ1v) is 5.42. The maximum absolute atomic E-state index is 11.1. The second-order valence-electron chi connectivity index (χ2n) is 4.23. The van der Waals surface area contributed by atoms with Crippen LogP contribution < -0.4 is 11.5 Å². The predicted octanol–water partition coefficient (Wildman–Crippen LogP) is 0.570. The Morgan fingerprint density at radius 3 is 2.44 bits per heavy atom. The highest BCUT2D eigenvalue weighted by atomic mass is 16.4.